The summed E-state index contributed by atoms with van der Waals surface area (Å²) in [6, 6.07) is 16.2. The number of hydrogen-bond acceptors (Lipinski definition) is 9. The Morgan fingerprint density at radius 1 is 1.07 bits per heavy atom. The molecule has 0 spiro atoms. The predicted octanol–water partition coefficient (Wildman–Crippen LogP) is 6.25. The molecule has 9 nitrogen and oxygen atoms in total. The monoisotopic (exact) mass is 697 g/mol. The maximum atomic E-state index is 14.5. The first-order valence-electron chi connectivity index (χ1n) is 13.5. The first kappa shape index (κ1) is 32.1. The Morgan fingerprint density at radius 2 is 1.80 bits per heavy atom. The highest BCUT2D eigenvalue weighted by molar-refractivity contribution is 7.80. The Morgan fingerprint density at radius 3 is 2.49 bits per heavy atom. The zero-order valence-corrected chi connectivity index (χ0v) is 26.4. The van der Waals surface area contributed by atoms with Gasteiger partial charge in [-0.15, -0.1) is 17.7 Å². The minimum atomic E-state index is -1.54. The molecule has 2 aliphatic heterocycles. The number of carbonyl (C=O) groups is 1. The van der Waals surface area contributed by atoms with E-state index in [9.17, 15) is 13.6 Å². The molecule has 2 saturated heterocycles. The SMILES string of the molecule is COC(=O)CO[C@H]1[C@@H](S)O[C@@H]2COC(c3ccccc3)O[C@@H]2C1(c1ccc(Cl)c(Cl)c1)n1cc(-c2cc(F)c(Cl)c(F)c2)nn1. The van der Waals surface area contributed by atoms with E-state index in [2.05, 4.69) is 10.3 Å². The average Bonchev–Trinajstić information content (AvgIpc) is 3.54. The van der Waals surface area contributed by atoms with Gasteiger partial charge in [-0.3, -0.25) is 0 Å². The summed E-state index contributed by atoms with van der Waals surface area (Å²) >= 11 is 23.3. The van der Waals surface area contributed by atoms with Crippen LogP contribution in [0.15, 0.2) is 66.9 Å². The highest BCUT2D eigenvalue weighted by Gasteiger charge is 2.62. The van der Waals surface area contributed by atoms with Crippen molar-refractivity contribution in [3.63, 3.8) is 0 Å². The molecule has 0 bridgehead atoms. The maximum Gasteiger partial charge on any atom is 0.331 e. The van der Waals surface area contributed by atoms with Crippen molar-refractivity contribution in [1.29, 1.82) is 0 Å². The van der Waals surface area contributed by atoms with Gasteiger partial charge in [-0.2, -0.15) is 0 Å². The molecule has 3 aromatic carbocycles. The molecule has 4 aromatic rings. The first-order valence-corrected chi connectivity index (χ1v) is 15.2. The molecule has 2 unspecified atom stereocenters. The van der Waals surface area contributed by atoms with Gasteiger partial charge in [0.05, 0.1) is 30.0 Å². The van der Waals surface area contributed by atoms with Crippen LogP contribution in [0.1, 0.15) is 17.4 Å². The third-order valence-electron chi connectivity index (χ3n) is 7.67. The van der Waals surface area contributed by atoms with Crippen LogP contribution in [0.4, 0.5) is 8.78 Å². The van der Waals surface area contributed by atoms with Gasteiger partial charge in [-0.05, 0) is 29.8 Å². The van der Waals surface area contributed by atoms with Crippen LogP contribution in [0.2, 0.25) is 15.1 Å². The van der Waals surface area contributed by atoms with E-state index in [-0.39, 0.29) is 27.9 Å². The standard InChI is InChI=1S/C30H24Cl3F2N3O6S/c1-40-24(39)14-41-27-29(45)43-23-13-42-28(15-5-3-2-4-6-15)44-26(23)30(27,17-7-8-18(31)19(32)11-17)38-12-22(36-37-38)16-9-20(34)25(33)21(35)10-16/h2-12,23,26-29,45H,13-14H2,1H3/t23-,26+,27+,28?,29-,30?/m1/s1. The summed E-state index contributed by atoms with van der Waals surface area (Å²) in [5.41, 5.74) is -1.17. The van der Waals surface area contributed by atoms with Crippen LogP contribution in [0.5, 0.6) is 0 Å². The number of nitrogens with zero attached hydrogens (tertiary/aromatic N) is 3. The number of benzene rings is 3. The number of methoxy groups -OCH3 is 1. The predicted molar refractivity (Wildman–Crippen MR) is 163 cm³/mol. The lowest BCUT2D eigenvalue weighted by atomic mass is 9.75. The van der Waals surface area contributed by atoms with E-state index in [1.165, 1.54) is 18.0 Å². The number of esters is 1. The highest BCUT2D eigenvalue weighted by atomic mass is 35.5. The second-order valence-electron chi connectivity index (χ2n) is 10.3. The Bertz CT molecular complexity index is 1700. The summed E-state index contributed by atoms with van der Waals surface area (Å²) in [4.78, 5) is 12.3. The van der Waals surface area contributed by atoms with E-state index < -0.39 is 64.8 Å². The lowest BCUT2D eigenvalue weighted by Crippen LogP contribution is -2.70. The first-order chi connectivity index (χ1) is 21.6. The van der Waals surface area contributed by atoms with Crippen molar-refractivity contribution in [3.05, 3.63) is 105 Å². The fourth-order valence-corrected chi connectivity index (χ4v) is 6.49. The fourth-order valence-electron chi connectivity index (χ4n) is 5.62. The van der Waals surface area contributed by atoms with E-state index in [1.807, 2.05) is 30.3 Å². The molecule has 0 N–H and O–H groups in total. The Labute approximate surface area is 276 Å². The molecule has 6 atom stereocenters. The van der Waals surface area contributed by atoms with Crippen LogP contribution in [-0.2, 0) is 34.0 Å². The zero-order chi connectivity index (χ0) is 31.9. The number of thiol groups is 1. The molecule has 1 aromatic heterocycles. The van der Waals surface area contributed by atoms with Gasteiger partial charge in [0.2, 0.25) is 0 Å². The second kappa shape index (κ2) is 13.1. The molecule has 2 fully saturated rings. The summed E-state index contributed by atoms with van der Waals surface area (Å²) in [7, 11) is 1.23. The minimum absolute atomic E-state index is 0.0676. The van der Waals surface area contributed by atoms with Gasteiger partial charge in [-0.1, -0.05) is 76.4 Å². The third kappa shape index (κ3) is 5.94. The van der Waals surface area contributed by atoms with Gasteiger partial charge < -0.3 is 23.7 Å². The molecular weight excluding hydrogens is 675 g/mol. The molecule has 0 aliphatic carbocycles. The van der Waals surface area contributed by atoms with Crippen LogP contribution >= 0.6 is 47.4 Å². The number of hydrogen-bond donors (Lipinski definition) is 1. The van der Waals surface area contributed by atoms with E-state index in [0.717, 1.165) is 17.7 Å². The lowest BCUT2D eigenvalue weighted by Gasteiger charge is -2.55. The van der Waals surface area contributed by atoms with Crippen molar-refractivity contribution in [2.45, 2.75) is 35.6 Å². The average molecular weight is 699 g/mol. The Balaban J connectivity index is 1.58. The lowest BCUT2D eigenvalue weighted by molar-refractivity contribution is -0.325. The molecule has 0 radical (unpaired) electrons. The summed E-state index contributed by atoms with van der Waals surface area (Å²) in [6.45, 7) is -0.418. The van der Waals surface area contributed by atoms with Crippen LogP contribution in [0.25, 0.3) is 11.3 Å². The number of carbonyl (C=O) groups excluding carboxylic acids is 1. The number of fused-ring (bicyclic) bond motifs is 1. The topological polar surface area (TPSA) is 93.9 Å². The number of halogens is 5. The van der Waals surface area contributed by atoms with Crippen molar-refractivity contribution in [1.82, 2.24) is 15.0 Å². The van der Waals surface area contributed by atoms with Crippen molar-refractivity contribution in [2.24, 2.45) is 0 Å². The summed E-state index contributed by atoms with van der Waals surface area (Å²) in [5.74, 6) is -2.61. The van der Waals surface area contributed by atoms with Gasteiger partial charge >= 0.3 is 5.97 Å². The Kier molecular flexibility index (Phi) is 9.38. The van der Waals surface area contributed by atoms with Crippen LogP contribution < -0.4 is 0 Å². The third-order valence-corrected chi connectivity index (χ3v) is 9.17. The van der Waals surface area contributed by atoms with Crippen molar-refractivity contribution >= 4 is 53.4 Å². The Hall–Kier alpha value is -2.81. The summed E-state index contributed by atoms with van der Waals surface area (Å²) in [6.07, 6.45) is -2.20. The number of rotatable bonds is 7. The molecule has 3 heterocycles. The summed E-state index contributed by atoms with van der Waals surface area (Å²) in [5, 5.41) is 8.50. The number of ether oxygens (including phenoxy) is 5. The quantitative estimate of drug-likeness (QED) is 0.138. The molecule has 236 valence electrons. The highest BCUT2D eigenvalue weighted by Crippen LogP contribution is 2.49. The minimum Gasteiger partial charge on any atom is -0.467 e. The van der Waals surface area contributed by atoms with E-state index in [0.29, 0.717) is 5.56 Å². The zero-order valence-electron chi connectivity index (χ0n) is 23.3. The van der Waals surface area contributed by atoms with E-state index in [1.54, 1.807) is 18.2 Å². The number of aromatic nitrogens is 3. The molecule has 15 heteroatoms. The van der Waals surface area contributed by atoms with Gasteiger partial charge in [-0.25, -0.2) is 18.3 Å². The molecule has 6 rings (SSSR count). The molecular formula is C30H24Cl3F2N3O6S. The van der Waals surface area contributed by atoms with Gasteiger partial charge in [0.15, 0.2) is 6.29 Å². The van der Waals surface area contributed by atoms with E-state index in [4.69, 9.17) is 71.1 Å². The normalized spacial score (nSPS) is 26.3. The molecule has 0 saturated carbocycles. The van der Waals surface area contributed by atoms with Gasteiger partial charge in [0.1, 0.15) is 58.2 Å². The van der Waals surface area contributed by atoms with Crippen molar-refractivity contribution in [2.75, 3.05) is 20.3 Å². The maximum absolute atomic E-state index is 14.5. The largest absolute Gasteiger partial charge is 0.467 e. The van der Waals surface area contributed by atoms with Crippen LogP contribution in [0, 0.1) is 11.6 Å². The molecule has 0 amide bonds. The summed E-state index contributed by atoms with van der Waals surface area (Å²) < 4.78 is 60.4. The molecule has 45 heavy (non-hydrogen) atoms. The smallest absolute Gasteiger partial charge is 0.331 e. The fraction of sp³-hybridized carbons (Fsp3) is 0.300. The van der Waals surface area contributed by atoms with Crippen molar-refractivity contribution in [3.8, 4) is 11.3 Å². The van der Waals surface area contributed by atoms with E-state index >= 15 is 0 Å². The molecule has 2 aliphatic rings. The van der Waals surface area contributed by atoms with Crippen LogP contribution in [0.3, 0.4) is 0 Å². The van der Waals surface area contributed by atoms with Crippen molar-refractivity contribution < 1.29 is 37.3 Å². The second-order valence-corrected chi connectivity index (χ2v) is 12.0. The van der Waals surface area contributed by atoms with Gasteiger partial charge in [0.25, 0.3) is 0 Å². The van der Waals surface area contributed by atoms with Crippen LogP contribution in [-0.4, -0.2) is 65.0 Å². The van der Waals surface area contributed by atoms with Gasteiger partial charge in [0, 0.05) is 11.1 Å².